The van der Waals surface area contributed by atoms with Gasteiger partial charge in [0.15, 0.2) is 0 Å². The molecular formula is C14H21NO. The molecule has 0 bridgehead atoms. The zero-order chi connectivity index (χ0) is 11.7. The Morgan fingerprint density at radius 2 is 1.88 bits per heavy atom. The molecule has 0 fully saturated rings. The molecule has 16 heavy (non-hydrogen) atoms. The van der Waals surface area contributed by atoms with Crippen LogP contribution in [0, 0.1) is 0 Å². The Labute approximate surface area is 97.9 Å². The van der Waals surface area contributed by atoms with Crippen molar-refractivity contribution < 1.29 is 5.11 Å². The molecule has 0 spiro atoms. The number of fused-ring (bicyclic) bond motifs is 1. The molecule has 0 radical (unpaired) electrons. The maximum Gasteiger partial charge on any atom is 0.0552 e. The highest BCUT2D eigenvalue weighted by atomic mass is 16.3. The maximum absolute atomic E-state index is 9.38. The van der Waals surface area contributed by atoms with Gasteiger partial charge >= 0.3 is 0 Å². The Bertz CT molecular complexity index is 371. The van der Waals surface area contributed by atoms with E-state index in [1.54, 1.807) is 0 Å². The predicted octanol–water partition coefficient (Wildman–Crippen LogP) is 2.33. The second-order valence-corrected chi connectivity index (χ2v) is 5.15. The van der Waals surface area contributed by atoms with Crippen LogP contribution in [-0.4, -0.2) is 22.2 Å². The summed E-state index contributed by atoms with van der Waals surface area (Å²) < 4.78 is 0. The predicted molar refractivity (Wildman–Crippen MR) is 66.2 cm³/mol. The third-order valence-corrected chi connectivity index (χ3v) is 3.28. The molecule has 0 aliphatic carbocycles. The van der Waals surface area contributed by atoms with Crippen molar-refractivity contribution >= 4 is 0 Å². The van der Waals surface area contributed by atoms with E-state index < -0.39 is 0 Å². The van der Waals surface area contributed by atoms with Crippen molar-refractivity contribution in [3.05, 3.63) is 34.9 Å². The Morgan fingerprint density at radius 3 is 2.50 bits per heavy atom. The van der Waals surface area contributed by atoms with Crippen LogP contribution in [0.4, 0.5) is 0 Å². The molecule has 1 aliphatic rings. The van der Waals surface area contributed by atoms with Gasteiger partial charge in [-0.1, -0.05) is 18.2 Å². The summed E-state index contributed by atoms with van der Waals surface area (Å²) in [6, 6.07) is 7.22. The van der Waals surface area contributed by atoms with E-state index in [-0.39, 0.29) is 6.10 Å². The van der Waals surface area contributed by atoms with E-state index >= 15 is 0 Å². The van der Waals surface area contributed by atoms with Gasteiger partial charge in [0, 0.05) is 19.1 Å². The van der Waals surface area contributed by atoms with Gasteiger partial charge in [-0.05, 0) is 43.9 Å². The van der Waals surface area contributed by atoms with Crippen LogP contribution in [0.5, 0.6) is 0 Å². The van der Waals surface area contributed by atoms with Crippen LogP contribution in [0.2, 0.25) is 0 Å². The minimum Gasteiger partial charge on any atom is -0.393 e. The minimum atomic E-state index is -0.249. The van der Waals surface area contributed by atoms with Crippen LogP contribution in [0.3, 0.4) is 0 Å². The van der Waals surface area contributed by atoms with Crippen molar-refractivity contribution in [2.45, 2.75) is 52.4 Å². The second kappa shape index (κ2) is 4.56. The molecule has 1 aromatic carbocycles. The smallest absolute Gasteiger partial charge is 0.0552 e. The van der Waals surface area contributed by atoms with E-state index in [4.69, 9.17) is 0 Å². The topological polar surface area (TPSA) is 23.5 Å². The molecule has 0 aromatic heterocycles. The van der Waals surface area contributed by atoms with Crippen LogP contribution in [0.15, 0.2) is 18.2 Å². The van der Waals surface area contributed by atoms with Crippen LogP contribution in [-0.2, 0) is 19.5 Å². The van der Waals surface area contributed by atoms with Crippen molar-refractivity contribution in [1.29, 1.82) is 0 Å². The summed E-state index contributed by atoms with van der Waals surface area (Å²) in [5.74, 6) is 0. The van der Waals surface area contributed by atoms with Gasteiger partial charge in [0.2, 0.25) is 0 Å². The third kappa shape index (κ3) is 2.45. The van der Waals surface area contributed by atoms with Crippen molar-refractivity contribution in [3.63, 3.8) is 0 Å². The zero-order valence-corrected chi connectivity index (χ0v) is 10.4. The normalized spacial score (nSPS) is 17.8. The highest BCUT2D eigenvalue weighted by molar-refractivity contribution is 5.35. The molecule has 1 N–H and O–H groups in total. The number of hydrogen-bond donors (Lipinski definition) is 1. The molecule has 2 rings (SSSR count). The van der Waals surface area contributed by atoms with Crippen molar-refractivity contribution in [2.75, 3.05) is 0 Å². The summed E-state index contributed by atoms with van der Waals surface area (Å²) in [5.41, 5.74) is 4.13. The molecule has 2 heteroatoms. The molecule has 1 atom stereocenters. The highest BCUT2D eigenvalue weighted by Crippen LogP contribution is 2.25. The number of aliphatic hydroxyl groups excluding tert-OH is 1. The van der Waals surface area contributed by atoms with E-state index in [0.29, 0.717) is 6.04 Å². The summed E-state index contributed by atoms with van der Waals surface area (Å²) in [5, 5.41) is 9.38. The van der Waals surface area contributed by atoms with Gasteiger partial charge in [-0.3, -0.25) is 4.90 Å². The minimum absolute atomic E-state index is 0.249. The monoisotopic (exact) mass is 219 g/mol. The van der Waals surface area contributed by atoms with Crippen molar-refractivity contribution in [2.24, 2.45) is 0 Å². The lowest BCUT2D eigenvalue weighted by Gasteiger charge is -2.18. The summed E-state index contributed by atoms with van der Waals surface area (Å²) in [4.78, 5) is 2.47. The molecule has 2 nitrogen and oxygen atoms in total. The molecule has 88 valence electrons. The summed E-state index contributed by atoms with van der Waals surface area (Å²) >= 11 is 0. The number of benzene rings is 1. The SMILES string of the molecule is CC(O)Cc1ccc2c(c1)CN(C(C)C)C2. The second-order valence-electron chi connectivity index (χ2n) is 5.15. The lowest BCUT2D eigenvalue weighted by molar-refractivity contribution is 0.195. The quantitative estimate of drug-likeness (QED) is 0.843. The fourth-order valence-corrected chi connectivity index (χ4v) is 2.31. The van der Waals surface area contributed by atoms with Gasteiger partial charge in [-0.25, -0.2) is 0 Å². The molecule has 1 unspecified atom stereocenters. The zero-order valence-electron chi connectivity index (χ0n) is 10.4. The molecule has 1 aromatic rings. The molecule has 1 heterocycles. The number of nitrogens with zero attached hydrogens (tertiary/aromatic N) is 1. The fourth-order valence-electron chi connectivity index (χ4n) is 2.31. The highest BCUT2D eigenvalue weighted by Gasteiger charge is 2.20. The average Bonchev–Trinajstić information content (AvgIpc) is 2.59. The largest absolute Gasteiger partial charge is 0.393 e. The first-order valence-corrected chi connectivity index (χ1v) is 6.09. The molecule has 0 amide bonds. The number of hydrogen-bond acceptors (Lipinski definition) is 2. The van der Waals surface area contributed by atoms with Crippen LogP contribution >= 0.6 is 0 Å². The van der Waals surface area contributed by atoms with E-state index in [0.717, 1.165) is 19.5 Å². The van der Waals surface area contributed by atoms with E-state index in [1.165, 1.54) is 16.7 Å². The standard InChI is InChI=1S/C14H21NO/c1-10(2)15-8-13-5-4-12(6-11(3)16)7-14(13)9-15/h4-5,7,10-11,16H,6,8-9H2,1-3H3. The fraction of sp³-hybridized carbons (Fsp3) is 0.571. The maximum atomic E-state index is 9.38. The summed E-state index contributed by atoms with van der Waals surface area (Å²) in [6.45, 7) is 8.45. The van der Waals surface area contributed by atoms with Crippen LogP contribution in [0.1, 0.15) is 37.5 Å². The van der Waals surface area contributed by atoms with E-state index in [9.17, 15) is 5.11 Å². The van der Waals surface area contributed by atoms with Gasteiger partial charge in [0.1, 0.15) is 0 Å². The Kier molecular flexibility index (Phi) is 3.31. The number of rotatable bonds is 3. The average molecular weight is 219 g/mol. The Balaban J connectivity index is 2.14. The van der Waals surface area contributed by atoms with Crippen molar-refractivity contribution in [1.82, 2.24) is 4.90 Å². The van der Waals surface area contributed by atoms with Gasteiger partial charge in [0.25, 0.3) is 0 Å². The van der Waals surface area contributed by atoms with E-state index in [1.807, 2.05) is 6.92 Å². The van der Waals surface area contributed by atoms with Gasteiger partial charge < -0.3 is 5.11 Å². The molecule has 0 saturated carbocycles. The summed E-state index contributed by atoms with van der Waals surface area (Å²) in [6.07, 6.45) is 0.509. The van der Waals surface area contributed by atoms with Crippen molar-refractivity contribution in [3.8, 4) is 0 Å². The van der Waals surface area contributed by atoms with Gasteiger partial charge in [-0.2, -0.15) is 0 Å². The molecule has 1 aliphatic heterocycles. The Morgan fingerprint density at radius 1 is 1.19 bits per heavy atom. The van der Waals surface area contributed by atoms with Gasteiger partial charge in [-0.15, -0.1) is 0 Å². The molecular weight excluding hydrogens is 198 g/mol. The van der Waals surface area contributed by atoms with Gasteiger partial charge in [0.05, 0.1) is 6.10 Å². The van der Waals surface area contributed by atoms with Crippen LogP contribution in [0.25, 0.3) is 0 Å². The first-order valence-electron chi connectivity index (χ1n) is 6.09. The van der Waals surface area contributed by atoms with E-state index in [2.05, 4.69) is 36.9 Å². The first-order chi connectivity index (χ1) is 7.56. The first kappa shape index (κ1) is 11.6. The Hall–Kier alpha value is -0.860. The lowest BCUT2D eigenvalue weighted by Crippen LogP contribution is -2.24. The number of aliphatic hydroxyl groups is 1. The summed E-state index contributed by atoms with van der Waals surface area (Å²) in [7, 11) is 0. The third-order valence-electron chi connectivity index (χ3n) is 3.28. The van der Waals surface area contributed by atoms with Crippen LogP contribution < -0.4 is 0 Å². The molecule has 0 saturated heterocycles. The lowest BCUT2D eigenvalue weighted by atomic mass is 10.0.